The van der Waals surface area contributed by atoms with Gasteiger partial charge in [0.2, 0.25) is 11.2 Å². The number of aromatic nitrogens is 3. The van der Waals surface area contributed by atoms with Gasteiger partial charge in [-0.2, -0.15) is 15.0 Å². The largest absolute Gasteiger partial charge is 0.467 e. The molecular formula is C14H11ClN4O2. The van der Waals surface area contributed by atoms with Gasteiger partial charge in [0.1, 0.15) is 11.5 Å². The summed E-state index contributed by atoms with van der Waals surface area (Å²) < 4.78 is 10.7. The molecular weight excluding hydrogens is 292 g/mol. The fourth-order valence-electron chi connectivity index (χ4n) is 1.63. The number of furan rings is 1. The van der Waals surface area contributed by atoms with Crippen molar-refractivity contribution in [2.24, 2.45) is 0 Å². The number of rotatable bonds is 5. The summed E-state index contributed by atoms with van der Waals surface area (Å²) >= 11 is 5.87. The number of benzene rings is 1. The van der Waals surface area contributed by atoms with Crippen LogP contribution in [0.15, 0.2) is 53.1 Å². The highest BCUT2D eigenvalue weighted by Gasteiger charge is 2.07. The van der Waals surface area contributed by atoms with Crippen LogP contribution in [0.4, 0.5) is 5.95 Å². The summed E-state index contributed by atoms with van der Waals surface area (Å²) in [5.74, 6) is 1.70. The van der Waals surface area contributed by atoms with Crippen molar-refractivity contribution in [3.05, 3.63) is 59.8 Å². The van der Waals surface area contributed by atoms with Crippen LogP contribution in [0.5, 0.6) is 11.8 Å². The minimum absolute atomic E-state index is 0.0536. The van der Waals surface area contributed by atoms with E-state index >= 15 is 0 Å². The summed E-state index contributed by atoms with van der Waals surface area (Å²) in [6, 6.07) is 13.0. The number of anilines is 1. The van der Waals surface area contributed by atoms with E-state index in [1.54, 1.807) is 24.5 Å². The van der Waals surface area contributed by atoms with Crippen molar-refractivity contribution in [1.82, 2.24) is 15.0 Å². The van der Waals surface area contributed by atoms with E-state index in [1.807, 2.05) is 24.3 Å². The lowest BCUT2D eigenvalue weighted by Crippen LogP contribution is -2.05. The van der Waals surface area contributed by atoms with Crippen LogP contribution in [-0.4, -0.2) is 15.0 Å². The molecule has 0 aliphatic rings. The molecule has 0 amide bonds. The minimum Gasteiger partial charge on any atom is -0.467 e. The predicted octanol–water partition coefficient (Wildman–Crippen LogP) is 3.52. The molecule has 0 aliphatic heterocycles. The zero-order valence-corrected chi connectivity index (χ0v) is 11.6. The molecule has 106 valence electrons. The van der Waals surface area contributed by atoms with Crippen LogP contribution in [0, 0.1) is 0 Å². The lowest BCUT2D eigenvalue weighted by Gasteiger charge is -2.06. The highest BCUT2D eigenvalue weighted by Crippen LogP contribution is 2.19. The van der Waals surface area contributed by atoms with Gasteiger partial charge < -0.3 is 14.5 Å². The van der Waals surface area contributed by atoms with Crippen LogP contribution < -0.4 is 10.1 Å². The predicted molar refractivity (Wildman–Crippen MR) is 77.4 cm³/mol. The summed E-state index contributed by atoms with van der Waals surface area (Å²) in [6.45, 7) is 0.443. The van der Waals surface area contributed by atoms with E-state index in [0.717, 1.165) is 5.76 Å². The van der Waals surface area contributed by atoms with Crippen molar-refractivity contribution in [1.29, 1.82) is 0 Å². The second-order valence-electron chi connectivity index (χ2n) is 4.06. The van der Waals surface area contributed by atoms with Crippen LogP contribution in [0.25, 0.3) is 0 Å². The highest BCUT2D eigenvalue weighted by atomic mass is 35.5. The quantitative estimate of drug-likeness (QED) is 0.777. The Labute approximate surface area is 125 Å². The van der Waals surface area contributed by atoms with Crippen molar-refractivity contribution >= 4 is 17.5 Å². The number of nitrogens with one attached hydrogen (secondary N) is 1. The molecule has 0 radical (unpaired) electrons. The molecule has 6 nitrogen and oxygen atoms in total. The highest BCUT2D eigenvalue weighted by molar-refractivity contribution is 6.28. The van der Waals surface area contributed by atoms with Gasteiger partial charge in [-0.25, -0.2) is 0 Å². The Morgan fingerprint density at radius 1 is 1.05 bits per heavy atom. The van der Waals surface area contributed by atoms with E-state index in [9.17, 15) is 0 Å². The van der Waals surface area contributed by atoms with E-state index in [4.69, 9.17) is 20.8 Å². The summed E-state index contributed by atoms with van der Waals surface area (Å²) in [5, 5.41) is 3.05. The third-order valence-corrected chi connectivity index (χ3v) is 2.71. The zero-order valence-electron chi connectivity index (χ0n) is 10.9. The number of nitrogens with zero attached hydrogens (tertiary/aromatic N) is 3. The SMILES string of the molecule is Clc1nc(NCc2ccco2)nc(Oc2ccccc2)n1. The molecule has 0 unspecified atom stereocenters. The van der Waals surface area contributed by atoms with Crippen molar-refractivity contribution < 1.29 is 9.15 Å². The average molecular weight is 303 g/mol. The van der Waals surface area contributed by atoms with E-state index in [-0.39, 0.29) is 11.3 Å². The zero-order chi connectivity index (χ0) is 14.5. The molecule has 0 saturated heterocycles. The Balaban J connectivity index is 1.73. The minimum atomic E-state index is 0.0536. The van der Waals surface area contributed by atoms with Gasteiger partial charge in [-0.1, -0.05) is 18.2 Å². The number of hydrogen-bond donors (Lipinski definition) is 1. The molecule has 21 heavy (non-hydrogen) atoms. The fraction of sp³-hybridized carbons (Fsp3) is 0.0714. The van der Waals surface area contributed by atoms with Gasteiger partial charge in [0.05, 0.1) is 12.8 Å². The summed E-state index contributed by atoms with van der Waals surface area (Å²) in [5.41, 5.74) is 0. The molecule has 0 spiro atoms. The van der Waals surface area contributed by atoms with Crippen LogP contribution >= 0.6 is 11.6 Å². The molecule has 0 bridgehead atoms. The van der Waals surface area contributed by atoms with Crippen LogP contribution in [0.2, 0.25) is 5.28 Å². The van der Waals surface area contributed by atoms with Crippen molar-refractivity contribution in [2.75, 3.05) is 5.32 Å². The van der Waals surface area contributed by atoms with Gasteiger partial charge in [-0.3, -0.25) is 0 Å². The maximum absolute atomic E-state index is 5.87. The lowest BCUT2D eigenvalue weighted by atomic mass is 10.3. The monoisotopic (exact) mass is 302 g/mol. The fourth-order valence-corrected chi connectivity index (χ4v) is 1.78. The Bertz CT molecular complexity index is 704. The first-order valence-corrected chi connectivity index (χ1v) is 6.58. The second-order valence-corrected chi connectivity index (χ2v) is 4.40. The molecule has 0 aliphatic carbocycles. The lowest BCUT2D eigenvalue weighted by molar-refractivity contribution is 0.440. The molecule has 3 rings (SSSR count). The van der Waals surface area contributed by atoms with Gasteiger partial charge in [-0.15, -0.1) is 0 Å². The summed E-state index contributed by atoms with van der Waals surface area (Å²) in [6.07, 6.45) is 1.60. The Kier molecular flexibility index (Phi) is 3.97. The van der Waals surface area contributed by atoms with E-state index in [2.05, 4.69) is 20.3 Å². The molecule has 7 heteroatoms. The number of ether oxygens (including phenoxy) is 1. The van der Waals surface area contributed by atoms with E-state index < -0.39 is 0 Å². The number of halogens is 1. The first-order valence-electron chi connectivity index (χ1n) is 6.20. The number of para-hydroxylation sites is 1. The van der Waals surface area contributed by atoms with Crippen molar-refractivity contribution in [2.45, 2.75) is 6.54 Å². The van der Waals surface area contributed by atoms with E-state index in [0.29, 0.717) is 18.2 Å². The first-order chi connectivity index (χ1) is 10.3. The molecule has 2 aromatic heterocycles. The Hall–Kier alpha value is -2.60. The second kappa shape index (κ2) is 6.23. The topological polar surface area (TPSA) is 73.1 Å². The van der Waals surface area contributed by atoms with Crippen LogP contribution in [0.1, 0.15) is 5.76 Å². The normalized spacial score (nSPS) is 10.3. The van der Waals surface area contributed by atoms with Crippen LogP contribution in [0.3, 0.4) is 0 Å². The van der Waals surface area contributed by atoms with Crippen molar-refractivity contribution in [3.63, 3.8) is 0 Å². The first kappa shape index (κ1) is 13.4. The molecule has 1 N–H and O–H groups in total. The Morgan fingerprint density at radius 2 is 1.90 bits per heavy atom. The van der Waals surface area contributed by atoms with Crippen molar-refractivity contribution in [3.8, 4) is 11.8 Å². The average Bonchev–Trinajstić information content (AvgIpc) is 2.99. The smallest absolute Gasteiger partial charge is 0.328 e. The maximum Gasteiger partial charge on any atom is 0.328 e. The van der Waals surface area contributed by atoms with Gasteiger partial charge in [0.15, 0.2) is 0 Å². The summed E-state index contributed by atoms with van der Waals surface area (Å²) in [7, 11) is 0. The Morgan fingerprint density at radius 3 is 2.67 bits per heavy atom. The number of hydrogen-bond acceptors (Lipinski definition) is 6. The standard InChI is InChI=1S/C14H11ClN4O2/c15-12-17-13(16-9-11-7-4-8-20-11)19-14(18-12)21-10-5-2-1-3-6-10/h1-8H,9H2,(H,16,17,18,19). The van der Waals surface area contributed by atoms with Gasteiger partial charge in [0.25, 0.3) is 0 Å². The molecule has 3 aromatic rings. The maximum atomic E-state index is 5.87. The van der Waals surface area contributed by atoms with Gasteiger partial charge >= 0.3 is 6.01 Å². The molecule has 0 saturated carbocycles. The summed E-state index contributed by atoms with van der Waals surface area (Å²) in [4.78, 5) is 12.1. The van der Waals surface area contributed by atoms with E-state index in [1.165, 1.54) is 0 Å². The molecule has 1 aromatic carbocycles. The van der Waals surface area contributed by atoms with Crippen LogP contribution in [-0.2, 0) is 6.54 Å². The molecule has 0 fully saturated rings. The third kappa shape index (κ3) is 3.70. The van der Waals surface area contributed by atoms with Gasteiger partial charge in [-0.05, 0) is 35.9 Å². The third-order valence-electron chi connectivity index (χ3n) is 2.54. The molecule has 2 heterocycles. The molecule has 0 atom stereocenters. The van der Waals surface area contributed by atoms with Gasteiger partial charge in [0, 0.05) is 0 Å².